The number of aromatic carboxylic acids is 1. The van der Waals surface area contributed by atoms with Crippen LogP contribution >= 0.6 is 11.6 Å². The van der Waals surface area contributed by atoms with Crippen LogP contribution < -0.4 is 0 Å². The third-order valence-corrected chi connectivity index (χ3v) is 4.98. The molecule has 0 saturated carbocycles. The van der Waals surface area contributed by atoms with Crippen LogP contribution in [0.2, 0.25) is 5.02 Å². The molecular formula is C21H23ClN2O3. The molecule has 1 unspecified atom stereocenters. The molecule has 1 N–H and O–H groups in total. The zero-order valence-corrected chi connectivity index (χ0v) is 16.2. The Bertz CT molecular complexity index is 866. The second-order valence-corrected chi connectivity index (χ2v) is 7.73. The van der Waals surface area contributed by atoms with Crippen molar-refractivity contribution in [3.05, 3.63) is 52.7 Å². The maximum atomic E-state index is 12.6. The molecule has 1 aliphatic heterocycles. The van der Waals surface area contributed by atoms with E-state index in [0.29, 0.717) is 35.2 Å². The van der Waals surface area contributed by atoms with Gasteiger partial charge in [-0.05, 0) is 43.0 Å². The summed E-state index contributed by atoms with van der Waals surface area (Å²) in [5.41, 5.74) is 1.88. The fourth-order valence-corrected chi connectivity index (χ4v) is 3.72. The van der Waals surface area contributed by atoms with Crippen molar-refractivity contribution >= 4 is 23.5 Å². The summed E-state index contributed by atoms with van der Waals surface area (Å²) in [5, 5.41) is 10.1. The van der Waals surface area contributed by atoms with Crippen LogP contribution in [-0.2, 0) is 4.79 Å². The topological polar surface area (TPSA) is 70.5 Å². The molecule has 0 spiro atoms. The molecule has 6 heteroatoms. The molecule has 0 bridgehead atoms. The molecule has 5 nitrogen and oxygen atoms in total. The molecule has 1 atom stereocenters. The number of hydrogen-bond donors (Lipinski definition) is 1. The number of carbonyl (C=O) groups excluding carboxylic acids is 1. The predicted octanol–water partition coefficient (Wildman–Crippen LogP) is 4.81. The number of likely N-dealkylation sites (tertiary alicyclic amines) is 1. The molecule has 1 saturated heterocycles. The highest BCUT2D eigenvalue weighted by Crippen LogP contribution is 2.34. The first kappa shape index (κ1) is 19.4. The smallest absolute Gasteiger partial charge is 0.337 e. The van der Waals surface area contributed by atoms with Gasteiger partial charge in [0, 0.05) is 23.6 Å². The van der Waals surface area contributed by atoms with E-state index in [0.717, 1.165) is 18.5 Å². The minimum absolute atomic E-state index is 0.114. The average Bonchev–Trinajstić information content (AvgIpc) is 3.10. The maximum Gasteiger partial charge on any atom is 0.337 e. The van der Waals surface area contributed by atoms with Crippen LogP contribution in [0.3, 0.4) is 0 Å². The summed E-state index contributed by atoms with van der Waals surface area (Å²) in [5.74, 6) is -0.618. The summed E-state index contributed by atoms with van der Waals surface area (Å²) in [6.45, 7) is 4.77. The number of amides is 1. The number of rotatable bonds is 5. The Kier molecular flexibility index (Phi) is 5.80. The van der Waals surface area contributed by atoms with E-state index < -0.39 is 5.97 Å². The van der Waals surface area contributed by atoms with E-state index in [1.807, 2.05) is 18.7 Å². The van der Waals surface area contributed by atoms with E-state index in [4.69, 9.17) is 11.6 Å². The summed E-state index contributed by atoms with van der Waals surface area (Å²) >= 11 is 6.08. The van der Waals surface area contributed by atoms with Gasteiger partial charge in [0.05, 0.1) is 23.0 Å². The number of benzene rings is 1. The zero-order chi connectivity index (χ0) is 19.6. The van der Waals surface area contributed by atoms with Gasteiger partial charge in [-0.15, -0.1) is 0 Å². The molecule has 1 aromatic carbocycles. The van der Waals surface area contributed by atoms with Gasteiger partial charge in [-0.3, -0.25) is 4.79 Å². The lowest BCUT2D eigenvalue weighted by Gasteiger charge is -2.25. The number of aromatic nitrogens is 1. The number of pyridine rings is 1. The maximum absolute atomic E-state index is 12.6. The van der Waals surface area contributed by atoms with Crippen molar-refractivity contribution in [2.24, 2.45) is 5.92 Å². The number of halogens is 1. The van der Waals surface area contributed by atoms with Crippen LogP contribution in [-0.4, -0.2) is 33.4 Å². The Labute approximate surface area is 164 Å². The first-order chi connectivity index (χ1) is 12.9. The minimum Gasteiger partial charge on any atom is -0.478 e. The third kappa shape index (κ3) is 4.30. The molecule has 2 heterocycles. The highest BCUT2D eigenvalue weighted by Gasteiger charge is 2.31. The second kappa shape index (κ2) is 8.09. The van der Waals surface area contributed by atoms with Crippen LogP contribution in [0.1, 0.15) is 55.2 Å². The largest absolute Gasteiger partial charge is 0.478 e. The molecule has 1 aromatic heterocycles. The highest BCUT2D eigenvalue weighted by molar-refractivity contribution is 6.30. The van der Waals surface area contributed by atoms with Gasteiger partial charge < -0.3 is 10.0 Å². The van der Waals surface area contributed by atoms with Crippen molar-refractivity contribution in [1.29, 1.82) is 0 Å². The van der Waals surface area contributed by atoms with Crippen molar-refractivity contribution in [3.8, 4) is 11.3 Å². The number of carboxylic acids is 1. The summed E-state index contributed by atoms with van der Waals surface area (Å²) in [6, 6.07) is 10.2. The average molecular weight is 387 g/mol. The molecule has 142 valence electrons. The monoisotopic (exact) mass is 386 g/mol. The lowest BCUT2D eigenvalue weighted by atomic mass is 10.0. The fourth-order valence-electron chi connectivity index (χ4n) is 3.53. The van der Waals surface area contributed by atoms with Crippen molar-refractivity contribution in [2.45, 2.75) is 39.2 Å². The molecule has 1 aliphatic rings. The van der Waals surface area contributed by atoms with Crippen molar-refractivity contribution in [3.63, 3.8) is 0 Å². The van der Waals surface area contributed by atoms with Crippen molar-refractivity contribution in [1.82, 2.24) is 9.88 Å². The van der Waals surface area contributed by atoms with Gasteiger partial charge in [0.25, 0.3) is 0 Å². The summed E-state index contributed by atoms with van der Waals surface area (Å²) in [6.07, 6.45) is 2.26. The van der Waals surface area contributed by atoms with Crippen LogP contribution in [0, 0.1) is 5.92 Å². The Morgan fingerprint density at radius 2 is 2.07 bits per heavy atom. The normalized spacial score (nSPS) is 16.7. The molecule has 2 aromatic rings. The predicted molar refractivity (Wildman–Crippen MR) is 105 cm³/mol. The Hall–Kier alpha value is -2.40. The van der Waals surface area contributed by atoms with Gasteiger partial charge in [0.1, 0.15) is 0 Å². The van der Waals surface area contributed by atoms with Crippen LogP contribution in [0.25, 0.3) is 11.3 Å². The lowest BCUT2D eigenvalue weighted by molar-refractivity contribution is -0.133. The molecule has 0 aliphatic carbocycles. The Morgan fingerprint density at radius 3 is 2.74 bits per heavy atom. The number of nitrogens with zero attached hydrogens (tertiary/aromatic N) is 2. The SMILES string of the molecule is CC(C)CC(=O)N1CCCC1c1ccc(C(=O)O)c(-c2cccc(Cl)c2)n1. The van der Waals surface area contributed by atoms with E-state index in [-0.39, 0.29) is 17.5 Å². The van der Waals surface area contributed by atoms with Crippen molar-refractivity contribution < 1.29 is 14.7 Å². The molecule has 3 rings (SSSR count). The lowest BCUT2D eigenvalue weighted by Crippen LogP contribution is -2.31. The van der Waals surface area contributed by atoms with E-state index in [1.165, 1.54) is 0 Å². The van der Waals surface area contributed by atoms with E-state index in [2.05, 4.69) is 4.98 Å². The number of hydrogen-bond acceptors (Lipinski definition) is 3. The van der Waals surface area contributed by atoms with Crippen LogP contribution in [0.4, 0.5) is 0 Å². The van der Waals surface area contributed by atoms with Gasteiger partial charge in [-0.2, -0.15) is 0 Å². The van der Waals surface area contributed by atoms with E-state index in [1.54, 1.807) is 36.4 Å². The van der Waals surface area contributed by atoms with Crippen LogP contribution in [0.15, 0.2) is 36.4 Å². The van der Waals surface area contributed by atoms with Gasteiger partial charge in [0.2, 0.25) is 5.91 Å². The van der Waals surface area contributed by atoms with Crippen LogP contribution in [0.5, 0.6) is 0 Å². The molecule has 0 radical (unpaired) electrons. The van der Waals surface area contributed by atoms with Crippen molar-refractivity contribution in [2.75, 3.05) is 6.54 Å². The van der Waals surface area contributed by atoms with Gasteiger partial charge in [-0.25, -0.2) is 9.78 Å². The first-order valence-corrected chi connectivity index (χ1v) is 9.54. The van der Waals surface area contributed by atoms with E-state index in [9.17, 15) is 14.7 Å². The molecule has 1 fully saturated rings. The standard InChI is InChI=1S/C21H23ClN2O3/c1-13(2)11-19(25)24-10-4-7-18(24)17-9-8-16(21(26)27)20(23-17)14-5-3-6-15(22)12-14/h3,5-6,8-9,12-13,18H,4,7,10-11H2,1-2H3,(H,26,27). The molecule has 1 amide bonds. The number of carbonyl (C=O) groups is 2. The summed E-state index contributed by atoms with van der Waals surface area (Å²) < 4.78 is 0. The second-order valence-electron chi connectivity index (χ2n) is 7.29. The first-order valence-electron chi connectivity index (χ1n) is 9.16. The minimum atomic E-state index is -1.04. The highest BCUT2D eigenvalue weighted by atomic mass is 35.5. The van der Waals surface area contributed by atoms with Gasteiger partial charge in [0.15, 0.2) is 0 Å². The molecular weight excluding hydrogens is 364 g/mol. The van der Waals surface area contributed by atoms with E-state index >= 15 is 0 Å². The molecule has 27 heavy (non-hydrogen) atoms. The fraction of sp³-hybridized carbons (Fsp3) is 0.381. The number of carboxylic acid groups (broad SMARTS) is 1. The summed E-state index contributed by atoms with van der Waals surface area (Å²) in [7, 11) is 0. The van der Waals surface area contributed by atoms with Gasteiger partial charge >= 0.3 is 5.97 Å². The van der Waals surface area contributed by atoms with Gasteiger partial charge in [-0.1, -0.05) is 37.6 Å². The summed E-state index contributed by atoms with van der Waals surface area (Å²) in [4.78, 5) is 30.8. The Morgan fingerprint density at radius 1 is 1.30 bits per heavy atom. The zero-order valence-electron chi connectivity index (χ0n) is 15.5. The quantitative estimate of drug-likeness (QED) is 0.800. The Balaban J connectivity index is 2.00. The third-order valence-electron chi connectivity index (χ3n) is 4.74.